The second kappa shape index (κ2) is 7.90. The highest BCUT2D eigenvalue weighted by Gasteiger charge is 2.27. The van der Waals surface area contributed by atoms with Crippen LogP contribution in [-0.2, 0) is 6.42 Å². The molecule has 3 heterocycles. The monoisotopic (exact) mass is 390 g/mol. The number of imidazole rings is 2. The molecule has 1 saturated carbocycles. The van der Waals surface area contributed by atoms with Crippen LogP contribution in [0.1, 0.15) is 42.6 Å². The third kappa shape index (κ3) is 4.34. The topological polar surface area (TPSA) is 162 Å². The van der Waals surface area contributed by atoms with E-state index in [1.54, 1.807) is 0 Å². The van der Waals surface area contributed by atoms with Gasteiger partial charge in [-0.1, -0.05) is 6.07 Å². The van der Waals surface area contributed by atoms with E-state index in [9.17, 15) is 0 Å². The molecule has 1 aliphatic carbocycles. The number of aromatic nitrogens is 4. The molecule has 0 radical (unpaired) electrons. The first-order valence-corrected chi connectivity index (χ1v) is 8.50. The van der Waals surface area contributed by atoms with E-state index in [-0.39, 0.29) is 0 Å². The summed E-state index contributed by atoms with van der Waals surface area (Å²) in [5.41, 5.74) is 5.14. The Kier molecular flexibility index (Phi) is 5.38. The van der Waals surface area contributed by atoms with Crippen molar-refractivity contribution in [1.29, 1.82) is 0 Å². The summed E-state index contributed by atoms with van der Waals surface area (Å²) in [6.45, 7) is 0. The second-order valence-corrected chi connectivity index (χ2v) is 6.45. The Morgan fingerprint density at radius 2 is 1.71 bits per heavy atom. The Hall–Kier alpha value is -3.70. The Labute approximate surface area is 157 Å². The molecule has 1 atom stereocenters. The molecule has 1 fully saturated rings. The molecular formula is C16H18N6O6. The van der Waals surface area contributed by atoms with Gasteiger partial charge in [-0.25, -0.2) is 9.97 Å². The number of fused-ring (bicyclic) bond motifs is 2. The fraction of sp³-hybridized carbons (Fsp3) is 0.375. The highest BCUT2D eigenvalue weighted by atomic mass is 16.9. The largest absolute Gasteiger partial charge is 0.328 e. The van der Waals surface area contributed by atoms with Crippen LogP contribution in [0.15, 0.2) is 37.1 Å². The van der Waals surface area contributed by atoms with Gasteiger partial charge < -0.3 is 19.5 Å². The van der Waals surface area contributed by atoms with Crippen LogP contribution in [0.2, 0.25) is 0 Å². The van der Waals surface area contributed by atoms with Crippen molar-refractivity contribution >= 4 is 11.0 Å². The Bertz CT molecular complexity index is 975. The molecule has 0 bridgehead atoms. The van der Waals surface area contributed by atoms with Crippen molar-refractivity contribution in [2.45, 2.75) is 37.8 Å². The quantitative estimate of drug-likeness (QED) is 0.497. The molecule has 0 amide bonds. The Balaban J connectivity index is 0.000000244. The predicted octanol–water partition coefficient (Wildman–Crippen LogP) is 2.41. The average molecular weight is 390 g/mol. The van der Waals surface area contributed by atoms with E-state index in [1.165, 1.54) is 36.0 Å². The molecule has 3 aromatic rings. The number of nitrogens with zero attached hydrogens (tertiary/aromatic N) is 6. The molecular weight excluding hydrogens is 372 g/mol. The average Bonchev–Trinajstić information content (AvgIpc) is 3.04. The minimum Gasteiger partial charge on any atom is -0.328 e. The summed E-state index contributed by atoms with van der Waals surface area (Å²) in [6.07, 6.45) is 10.9. The predicted molar refractivity (Wildman–Crippen MR) is 94.3 cm³/mol. The highest BCUT2D eigenvalue weighted by Crippen LogP contribution is 2.38. The van der Waals surface area contributed by atoms with Crippen LogP contribution in [-0.4, -0.2) is 39.7 Å². The van der Waals surface area contributed by atoms with Crippen molar-refractivity contribution in [2.75, 3.05) is 0 Å². The van der Waals surface area contributed by atoms with E-state index >= 15 is 0 Å². The highest BCUT2D eigenvalue weighted by molar-refractivity contribution is 5.76. The van der Waals surface area contributed by atoms with Gasteiger partial charge >= 0.3 is 0 Å². The minimum absolute atomic E-state index is 0.444. The lowest BCUT2D eigenvalue weighted by Gasteiger charge is -2.14. The number of hydrogen-bond acceptors (Lipinski definition) is 6. The molecule has 12 heteroatoms. The smallest absolute Gasteiger partial charge is 0.291 e. The zero-order valence-corrected chi connectivity index (χ0v) is 14.7. The normalized spacial score (nSPS) is 17.1. The van der Waals surface area contributed by atoms with Crippen molar-refractivity contribution in [3.63, 3.8) is 0 Å². The maximum absolute atomic E-state index is 8.36. The van der Waals surface area contributed by atoms with Crippen LogP contribution >= 0.6 is 0 Å². The summed E-state index contributed by atoms with van der Waals surface area (Å²) in [4.78, 5) is 25.5. The van der Waals surface area contributed by atoms with Crippen molar-refractivity contribution in [3.8, 4) is 0 Å². The first-order valence-electron chi connectivity index (χ1n) is 8.50. The van der Waals surface area contributed by atoms with Crippen molar-refractivity contribution in [1.82, 2.24) is 19.1 Å². The van der Waals surface area contributed by atoms with Crippen molar-refractivity contribution in [3.05, 3.63) is 68.5 Å². The lowest BCUT2D eigenvalue weighted by Crippen LogP contribution is -2.04. The molecule has 5 rings (SSSR count). The summed E-state index contributed by atoms with van der Waals surface area (Å²) in [5.74, 6) is 0. The molecule has 1 unspecified atom stereocenters. The molecule has 2 aliphatic rings. The van der Waals surface area contributed by atoms with Crippen molar-refractivity contribution in [2.24, 2.45) is 0 Å². The lowest BCUT2D eigenvalue weighted by atomic mass is 10.0. The van der Waals surface area contributed by atoms with Crippen LogP contribution in [0.25, 0.3) is 11.0 Å². The van der Waals surface area contributed by atoms with Gasteiger partial charge in [-0.3, -0.25) is 0 Å². The van der Waals surface area contributed by atoms with Gasteiger partial charge in [0, 0.05) is 17.9 Å². The number of benzene rings is 1. The van der Waals surface area contributed by atoms with E-state index in [0.29, 0.717) is 12.1 Å². The zero-order chi connectivity index (χ0) is 20.3. The third-order valence-electron chi connectivity index (χ3n) is 4.68. The Morgan fingerprint density at radius 1 is 1.04 bits per heavy atom. The number of hydrogen-bond donors (Lipinski definition) is 2. The molecule has 2 aromatic heterocycles. The molecule has 0 spiro atoms. The van der Waals surface area contributed by atoms with Gasteiger partial charge in [0.25, 0.3) is 10.2 Å². The summed E-state index contributed by atoms with van der Waals surface area (Å²) in [5, 5.41) is 27.3. The number of rotatable bonds is 2. The molecule has 1 aliphatic heterocycles. The van der Waals surface area contributed by atoms with Gasteiger partial charge in [0.05, 0.1) is 29.7 Å². The van der Waals surface area contributed by atoms with E-state index in [2.05, 4.69) is 37.3 Å². The summed E-state index contributed by atoms with van der Waals surface area (Å²) in [6, 6.07) is 7.85. The Morgan fingerprint density at radius 3 is 2.36 bits per heavy atom. The summed E-state index contributed by atoms with van der Waals surface area (Å²) < 4.78 is 4.67. The first-order chi connectivity index (χ1) is 13.4. The van der Waals surface area contributed by atoms with E-state index in [4.69, 9.17) is 30.6 Å². The zero-order valence-electron chi connectivity index (χ0n) is 14.7. The fourth-order valence-corrected chi connectivity index (χ4v) is 3.45. The van der Waals surface area contributed by atoms with E-state index in [1.807, 2.05) is 18.9 Å². The van der Waals surface area contributed by atoms with Gasteiger partial charge in [0.1, 0.15) is 0 Å². The van der Waals surface area contributed by atoms with Gasteiger partial charge in [0.2, 0.25) is 0 Å². The molecule has 2 N–H and O–H groups in total. The van der Waals surface area contributed by atoms with Gasteiger partial charge in [-0.05, 0) is 43.4 Å². The van der Waals surface area contributed by atoms with Crippen LogP contribution in [0.4, 0.5) is 0 Å². The summed E-state index contributed by atoms with van der Waals surface area (Å²) in [7, 11) is 0. The lowest BCUT2D eigenvalue weighted by molar-refractivity contribution is -0.742. The van der Waals surface area contributed by atoms with E-state index in [0.717, 1.165) is 11.9 Å². The fourth-order valence-electron chi connectivity index (χ4n) is 3.45. The maximum atomic E-state index is 8.36. The van der Waals surface area contributed by atoms with Crippen LogP contribution in [0.3, 0.4) is 0 Å². The van der Waals surface area contributed by atoms with Crippen molar-refractivity contribution < 1.29 is 20.6 Å². The third-order valence-corrected chi connectivity index (χ3v) is 4.68. The molecule has 0 saturated heterocycles. The molecule has 1 aromatic carbocycles. The van der Waals surface area contributed by atoms with E-state index < -0.39 is 10.2 Å². The maximum Gasteiger partial charge on any atom is 0.291 e. The molecule has 28 heavy (non-hydrogen) atoms. The van der Waals surface area contributed by atoms with Crippen LogP contribution < -0.4 is 0 Å². The SMILES string of the molecule is O=[N+]([O-])O.O=[N+]([O-])O.c1cc2ncn(C3CC3)c2cc1C1CCc2cncn21. The van der Waals surface area contributed by atoms with Crippen LogP contribution in [0.5, 0.6) is 0 Å². The van der Waals surface area contributed by atoms with Gasteiger partial charge in [-0.2, -0.15) is 0 Å². The number of aryl methyl sites for hydroxylation is 1. The minimum atomic E-state index is -1.50. The standard InChI is InChI=1S/C16H16N4.2HNO3/c1-5-14-16(20(10-18-14)12-2-3-12)7-11(1)15-6-4-13-8-17-9-19(13)15;2*2-1(3)4/h1,5,7-10,12,15H,2-4,6H2;2*(H,2,3,4). The summed E-state index contributed by atoms with van der Waals surface area (Å²) >= 11 is 0. The van der Waals surface area contributed by atoms with Gasteiger partial charge in [-0.15, -0.1) is 20.2 Å². The molecule has 148 valence electrons. The first kappa shape index (κ1) is 19.1. The van der Waals surface area contributed by atoms with Crippen LogP contribution in [0, 0.1) is 20.2 Å². The van der Waals surface area contributed by atoms with Gasteiger partial charge in [0.15, 0.2) is 0 Å². The second-order valence-electron chi connectivity index (χ2n) is 6.45. The molecule has 12 nitrogen and oxygen atoms in total.